The normalized spacial score (nSPS) is 13.1. The number of rotatable bonds is 8. The minimum absolute atomic E-state index is 0.0661. The van der Waals surface area contributed by atoms with E-state index < -0.39 is 18.1 Å². The van der Waals surface area contributed by atoms with Crippen molar-refractivity contribution in [1.29, 1.82) is 0 Å². The molecule has 1 aliphatic rings. The van der Waals surface area contributed by atoms with Crippen LogP contribution < -0.4 is 10.6 Å². The zero-order valence-corrected chi connectivity index (χ0v) is 19.2. The van der Waals surface area contributed by atoms with E-state index in [-0.39, 0.29) is 18.4 Å². The van der Waals surface area contributed by atoms with Crippen LogP contribution in [0, 0.1) is 0 Å². The van der Waals surface area contributed by atoms with Crippen molar-refractivity contribution >= 4 is 29.7 Å². The summed E-state index contributed by atoms with van der Waals surface area (Å²) in [5.74, 6) is -1.51. The molecule has 3 aromatic rings. The number of carbonyl (C=O) groups is 3. The average Bonchev–Trinajstić information content (AvgIpc) is 3.18. The lowest BCUT2D eigenvalue weighted by atomic mass is 9.98. The van der Waals surface area contributed by atoms with Crippen LogP contribution in [-0.2, 0) is 14.3 Å². The zero-order chi connectivity index (χ0) is 24.8. The van der Waals surface area contributed by atoms with Crippen LogP contribution in [0.5, 0.6) is 0 Å². The fourth-order valence-corrected chi connectivity index (χ4v) is 4.25. The molecule has 0 saturated carbocycles. The number of carbonyl (C=O) groups excluding carboxylic acids is 2. The van der Waals surface area contributed by atoms with E-state index in [1.807, 2.05) is 36.4 Å². The molecule has 178 valence electrons. The number of alkyl carbamates (subject to hydrolysis) is 1. The number of anilines is 1. The van der Waals surface area contributed by atoms with Gasteiger partial charge in [0.1, 0.15) is 12.6 Å². The first-order valence-corrected chi connectivity index (χ1v) is 11.4. The highest BCUT2D eigenvalue weighted by Gasteiger charge is 2.29. The molecule has 7 heteroatoms. The second-order valence-electron chi connectivity index (χ2n) is 8.22. The van der Waals surface area contributed by atoms with Gasteiger partial charge in [-0.05, 0) is 52.4 Å². The van der Waals surface area contributed by atoms with E-state index in [9.17, 15) is 14.4 Å². The molecular formula is C28H26N2O5. The number of nitrogens with one attached hydrogen (secondary N) is 2. The van der Waals surface area contributed by atoms with Gasteiger partial charge in [-0.15, -0.1) is 0 Å². The molecule has 1 aliphatic carbocycles. The van der Waals surface area contributed by atoms with Crippen LogP contribution in [0.4, 0.5) is 10.5 Å². The SMILES string of the molecule is CC[C@H](NC(=O)OCC1c2ccccc2-c2ccccc21)C(=O)Nc1cccc(/C=C/C(=O)O)c1. The van der Waals surface area contributed by atoms with Crippen LogP contribution in [0.15, 0.2) is 78.9 Å². The number of aliphatic carboxylic acids is 1. The maximum absolute atomic E-state index is 12.8. The maximum Gasteiger partial charge on any atom is 0.407 e. The highest BCUT2D eigenvalue weighted by atomic mass is 16.5. The number of benzene rings is 3. The summed E-state index contributed by atoms with van der Waals surface area (Å²) in [4.78, 5) is 36.0. The van der Waals surface area contributed by atoms with Crippen molar-refractivity contribution in [2.45, 2.75) is 25.3 Å². The van der Waals surface area contributed by atoms with Crippen molar-refractivity contribution in [1.82, 2.24) is 5.32 Å². The number of carboxylic acids is 1. The Balaban J connectivity index is 1.37. The Labute approximate surface area is 203 Å². The Hall–Kier alpha value is -4.39. The monoisotopic (exact) mass is 470 g/mol. The van der Waals surface area contributed by atoms with Crippen molar-refractivity contribution in [3.05, 3.63) is 95.6 Å². The number of fused-ring (bicyclic) bond motifs is 3. The Kier molecular flexibility index (Phi) is 7.26. The number of hydrogen-bond acceptors (Lipinski definition) is 4. The summed E-state index contributed by atoms with van der Waals surface area (Å²) in [6.07, 6.45) is 2.17. The summed E-state index contributed by atoms with van der Waals surface area (Å²) in [5, 5.41) is 14.2. The second-order valence-corrected chi connectivity index (χ2v) is 8.22. The van der Waals surface area contributed by atoms with Crippen molar-refractivity contribution in [3.63, 3.8) is 0 Å². The smallest absolute Gasteiger partial charge is 0.407 e. The maximum atomic E-state index is 12.8. The van der Waals surface area contributed by atoms with Crippen LogP contribution in [0.1, 0.15) is 36.0 Å². The van der Waals surface area contributed by atoms with Crippen LogP contribution >= 0.6 is 0 Å². The van der Waals surface area contributed by atoms with Gasteiger partial charge in [-0.3, -0.25) is 4.79 Å². The third-order valence-corrected chi connectivity index (χ3v) is 5.93. The highest BCUT2D eigenvalue weighted by Crippen LogP contribution is 2.44. The Bertz CT molecular complexity index is 1240. The summed E-state index contributed by atoms with van der Waals surface area (Å²) in [6.45, 7) is 1.95. The molecule has 0 unspecified atom stereocenters. The predicted molar refractivity (Wildman–Crippen MR) is 134 cm³/mol. The molecule has 0 aliphatic heterocycles. The van der Waals surface area contributed by atoms with Crippen molar-refractivity contribution < 1.29 is 24.2 Å². The van der Waals surface area contributed by atoms with Crippen molar-refractivity contribution in [2.75, 3.05) is 11.9 Å². The van der Waals surface area contributed by atoms with E-state index >= 15 is 0 Å². The topological polar surface area (TPSA) is 105 Å². The molecule has 3 N–H and O–H groups in total. The Morgan fingerprint density at radius 1 is 0.971 bits per heavy atom. The number of carboxylic acid groups (broad SMARTS) is 1. The molecule has 0 bridgehead atoms. The lowest BCUT2D eigenvalue weighted by Crippen LogP contribution is -2.43. The van der Waals surface area contributed by atoms with Gasteiger partial charge in [0.05, 0.1) is 0 Å². The van der Waals surface area contributed by atoms with Crippen LogP contribution in [0.3, 0.4) is 0 Å². The van der Waals surface area contributed by atoms with Gasteiger partial charge < -0.3 is 20.5 Å². The van der Waals surface area contributed by atoms with Crippen molar-refractivity contribution in [2.24, 2.45) is 0 Å². The summed E-state index contributed by atoms with van der Waals surface area (Å²) in [5.41, 5.74) is 5.64. The van der Waals surface area contributed by atoms with Gasteiger partial charge in [-0.1, -0.05) is 67.6 Å². The average molecular weight is 471 g/mol. The quantitative estimate of drug-likeness (QED) is 0.400. The first-order chi connectivity index (χ1) is 17.0. The van der Waals surface area contributed by atoms with Gasteiger partial charge in [0.25, 0.3) is 0 Å². The molecule has 4 rings (SSSR count). The molecule has 3 aromatic carbocycles. The first kappa shape index (κ1) is 23.8. The first-order valence-electron chi connectivity index (χ1n) is 11.4. The summed E-state index contributed by atoms with van der Waals surface area (Å²) in [6, 6.07) is 22.1. The third kappa shape index (κ3) is 5.58. The predicted octanol–water partition coefficient (Wildman–Crippen LogP) is 5.04. The molecule has 0 spiro atoms. The van der Waals surface area contributed by atoms with Gasteiger partial charge in [-0.2, -0.15) is 0 Å². The van der Waals surface area contributed by atoms with E-state index in [1.54, 1.807) is 31.2 Å². The van der Waals surface area contributed by atoms with Gasteiger partial charge in [-0.25, -0.2) is 9.59 Å². The lowest BCUT2D eigenvalue weighted by molar-refractivity contribution is -0.131. The van der Waals surface area contributed by atoms with E-state index in [1.165, 1.54) is 6.08 Å². The van der Waals surface area contributed by atoms with Gasteiger partial charge >= 0.3 is 12.1 Å². The molecule has 0 fully saturated rings. The molecule has 35 heavy (non-hydrogen) atoms. The molecule has 2 amide bonds. The number of amides is 2. The summed E-state index contributed by atoms with van der Waals surface area (Å²) in [7, 11) is 0. The third-order valence-electron chi connectivity index (χ3n) is 5.93. The fourth-order valence-electron chi connectivity index (χ4n) is 4.25. The molecule has 0 heterocycles. The van der Waals surface area contributed by atoms with Gasteiger partial charge in [0, 0.05) is 17.7 Å². The van der Waals surface area contributed by atoms with Crippen LogP contribution in [0.25, 0.3) is 17.2 Å². The lowest BCUT2D eigenvalue weighted by Gasteiger charge is -2.19. The summed E-state index contributed by atoms with van der Waals surface area (Å²) >= 11 is 0. The molecule has 1 atom stereocenters. The van der Waals surface area contributed by atoms with E-state index in [4.69, 9.17) is 9.84 Å². The molecular weight excluding hydrogens is 444 g/mol. The Morgan fingerprint density at radius 3 is 2.26 bits per heavy atom. The minimum atomic E-state index is -1.06. The fraction of sp³-hybridized carbons (Fsp3) is 0.179. The van der Waals surface area contributed by atoms with Gasteiger partial charge in [0.2, 0.25) is 5.91 Å². The molecule has 7 nitrogen and oxygen atoms in total. The standard InChI is InChI=1S/C28H26N2O5/c1-2-25(27(33)29-19-9-7-8-18(16-19)14-15-26(31)32)30-28(34)35-17-24-22-12-5-3-10-20(22)21-11-4-6-13-23(21)24/h3-16,24-25H,2,17H2,1H3,(H,29,33)(H,30,34)(H,31,32)/b15-14+/t25-/m0/s1. The number of ether oxygens (including phenoxy) is 1. The van der Waals surface area contributed by atoms with E-state index in [0.717, 1.165) is 28.3 Å². The molecule has 0 saturated heterocycles. The van der Waals surface area contributed by atoms with Crippen LogP contribution in [-0.4, -0.2) is 35.7 Å². The Morgan fingerprint density at radius 2 is 1.63 bits per heavy atom. The summed E-state index contributed by atoms with van der Waals surface area (Å²) < 4.78 is 5.55. The van der Waals surface area contributed by atoms with E-state index in [0.29, 0.717) is 17.7 Å². The number of hydrogen-bond donors (Lipinski definition) is 3. The molecule has 0 radical (unpaired) electrons. The second kappa shape index (κ2) is 10.7. The molecule has 0 aromatic heterocycles. The largest absolute Gasteiger partial charge is 0.478 e. The minimum Gasteiger partial charge on any atom is -0.478 e. The van der Waals surface area contributed by atoms with E-state index in [2.05, 4.69) is 22.8 Å². The highest BCUT2D eigenvalue weighted by molar-refractivity contribution is 5.97. The zero-order valence-electron chi connectivity index (χ0n) is 19.2. The van der Waals surface area contributed by atoms with Crippen LogP contribution in [0.2, 0.25) is 0 Å². The van der Waals surface area contributed by atoms with Crippen molar-refractivity contribution in [3.8, 4) is 11.1 Å². The van der Waals surface area contributed by atoms with Gasteiger partial charge in [0.15, 0.2) is 0 Å².